The van der Waals surface area contributed by atoms with Crippen molar-refractivity contribution in [1.29, 1.82) is 0 Å². The molecule has 98 valence electrons. The Kier molecular flexibility index (Phi) is 3.27. The first-order chi connectivity index (χ1) is 9.22. The van der Waals surface area contributed by atoms with Crippen LogP contribution in [0.5, 0.6) is 0 Å². The molecule has 3 N–H and O–H groups in total. The Labute approximate surface area is 114 Å². The highest BCUT2D eigenvalue weighted by molar-refractivity contribution is 7.13. The minimum absolute atomic E-state index is 0.122. The fraction of sp³-hybridized carbons (Fsp3) is 0.308. The van der Waals surface area contributed by atoms with Gasteiger partial charge in [0.05, 0.1) is 0 Å². The van der Waals surface area contributed by atoms with E-state index in [1.54, 1.807) is 17.8 Å². The highest BCUT2D eigenvalue weighted by atomic mass is 32.1. The van der Waals surface area contributed by atoms with Crippen LogP contribution in [0.1, 0.15) is 23.3 Å². The molecule has 1 amide bonds. The molecule has 2 aromatic rings. The molecule has 5 nitrogen and oxygen atoms in total. The van der Waals surface area contributed by atoms with Crippen LogP contribution in [-0.2, 0) is 0 Å². The third kappa shape index (κ3) is 2.64. The number of amides is 1. The number of nitrogens with one attached hydrogen (secondary N) is 1. The lowest BCUT2D eigenvalue weighted by molar-refractivity contribution is 0.0906. The van der Waals surface area contributed by atoms with E-state index < -0.39 is 0 Å². The molecule has 0 radical (unpaired) electrons. The van der Waals surface area contributed by atoms with Gasteiger partial charge < -0.3 is 11.1 Å². The Morgan fingerprint density at radius 1 is 1.47 bits per heavy atom. The second-order valence-corrected chi connectivity index (χ2v) is 5.54. The van der Waals surface area contributed by atoms with Crippen molar-refractivity contribution in [1.82, 2.24) is 15.3 Å². The minimum atomic E-state index is -0.122. The highest BCUT2D eigenvalue weighted by Crippen LogP contribution is 2.23. The number of thiazole rings is 1. The second-order valence-electron chi connectivity index (χ2n) is 4.68. The van der Waals surface area contributed by atoms with Gasteiger partial charge in [0.1, 0.15) is 10.7 Å². The fourth-order valence-electron chi connectivity index (χ4n) is 2.04. The number of pyridine rings is 1. The molecule has 0 spiro atoms. The number of hydrogen-bond acceptors (Lipinski definition) is 5. The second kappa shape index (κ2) is 5.07. The van der Waals surface area contributed by atoms with Crippen molar-refractivity contribution in [3.63, 3.8) is 0 Å². The predicted octanol–water partition coefficient (Wildman–Crippen LogP) is 1.42. The number of rotatable bonds is 3. The van der Waals surface area contributed by atoms with Gasteiger partial charge in [-0.1, -0.05) is 0 Å². The van der Waals surface area contributed by atoms with Crippen LogP contribution in [0.3, 0.4) is 0 Å². The van der Waals surface area contributed by atoms with Crippen LogP contribution in [0.2, 0.25) is 0 Å². The maximum atomic E-state index is 12.0. The molecule has 2 heterocycles. The number of carbonyl (C=O) groups excluding carboxylic acids is 1. The maximum Gasteiger partial charge on any atom is 0.270 e. The van der Waals surface area contributed by atoms with E-state index in [4.69, 9.17) is 5.73 Å². The molecule has 6 heteroatoms. The van der Waals surface area contributed by atoms with Gasteiger partial charge in [-0.15, -0.1) is 11.3 Å². The largest absolute Gasteiger partial charge is 0.348 e. The number of nitrogens with zero attached hydrogens (tertiary/aromatic N) is 2. The van der Waals surface area contributed by atoms with Gasteiger partial charge in [0.15, 0.2) is 0 Å². The molecule has 1 aliphatic carbocycles. The summed E-state index contributed by atoms with van der Waals surface area (Å²) in [6.07, 6.45) is 5.16. The lowest BCUT2D eigenvalue weighted by atomic mass is 9.87. The van der Waals surface area contributed by atoms with Crippen molar-refractivity contribution in [3.8, 4) is 10.6 Å². The maximum absolute atomic E-state index is 12.0. The summed E-state index contributed by atoms with van der Waals surface area (Å²) in [4.78, 5) is 20.4. The van der Waals surface area contributed by atoms with Crippen molar-refractivity contribution in [2.24, 2.45) is 5.73 Å². The smallest absolute Gasteiger partial charge is 0.270 e. The summed E-state index contributed by atoms with van der Waals surface area (Å²) in [5.41, 5.74) is 7.08. The van der Waals surface area contributed by atoms with E-state index in [1.807, 2.05) is 12.1 Å². The van der Waals surface area contributed by atoms with E-state index in [2.05, 4.69) is 15.3 Å². The summed E-state index contributed by atoms with van der Waals surface area (Å²) in [7, 11) is 0. The van der Waals surface area contributed by atoms with Crippen molar-refractivity contribution in [2.75, 3.05) is 0 Å². The molecule has 2 aromatic heterocycles. The topological polar surface area (TPSA) is 80.9 Å². The van der Waals surface area contributed by atoms with E-state index in [0.717, 1.165) is 23.4 Å². The van der Waals surface area contributed by atoms with E-state index >= 15 is 0 Å². The van der Waals surface area contributed by atoms with Crippen LogP contribution >= 0.6 is 11.3 Å². The summed E-state index contributed by atoms with van der Waals surface area (Å²) in [6, 6.07) is 4.21. The Balaban J connectivity index is 1.69. The van der Waals surface area contributed by atoms with E-state index in [1.165, 1.54) is 11.3 Å². The summed E-state index contributed by atoms with van der Waals surface area (Å²) in [5, 5.41) is 5.52. The summed E-state index contributed by atoms with van der Waals surface area (Å²) >= 11 is 1.45. The summed E-state index contributed by atoms with van der Waals surface area (Å²) in [6.45, 7) is 0. The van der Waals surface area contributed by atoms with Crippen LogP contribution in [0.25, 0.3) is 10.6 Å². The normalized spacial score (nSPS) is 21.7. The van der Waals surface area contributed by atoms with Crippen LogP contribution in [0.4, 0.5) is 0 Å². The third-order valence-electron chi connectivity index (χ3n) is 3.16. The van der Waals surface area contributed by atoms with Crippen molar-refractivity contribution in [3.05, 3.63) is 35.6 Å². The van der Waals surface area contributed by atoms with Gasteiger partial charge in [0.2, 0.25) is 0 Å². The first-order valence-electron chi connectivity index (χ1n) is 6.15. The Bertz CT molecular complexity index is 577. The standard InChI is InChI=1S/C13H14N4OS/c14-9-4-10(5-9)16-12(18)11-7-19-13(17-11)8-2-1-3-15-6-8/h1-3,6-7,9-10H,4-5,14H2,(H,16,18). The monoisotopic (exact) mass is 274 g/mol. The minimum Gasteiger partial charge on any atom is -0.348 e. The molecule has 0 atom stereocenters. The van der Waals surface area contributed by atoms with E-state index in [-0.39, 0.29) is 18.0 Å². The zero-order valence-electron chi connectivity index (χ0n) is 10.2. The zero-order chi connectivity index (χ0) is 13.2. The molecule has 0 aromatic carbocycles. The number of carbonyl (C=O) groups is 1. The lowest BCUT2D eigenvalue weighted by Crippen LogP contribution is -2.50. The molecule has 0 bridgehead atoms. The number of hydrogen-bond donors (Lipinski definition) is 2. The third-order valence-corrected chi connectivity index (χ3v) is 4.05. The number of nitrogens with two attached hydrogens (primary N) is 1. The highest BCUT2D eigenvalue weighted by Gasteiger charge is 2.28. The van der Waals surface area contributed by atoms with E-state index in [0.29, 0.717) is 5.69 Å². The molecular formula is C13H14N4OS. The first-order valence-corrected chi connectivity index (χ1v) is 7.02. The van der Waals surface area contributed by atoms with Gasteiger partial charge in [-0.2, -0.15) is 0 Å². The van der Waals surface area contributed by atoms with Gasteiger partial charge in [0.25, 0.3) is 5.91 Å². The Morgan fingerprint density at radius 3 is 3.00 bits per heavy atom. The van der Waals surface area contributed by atoms with Gasteiger partial charge >= 0.3 is 0 Å². The first kappa shape index (κ1) is 12.3. The van der Waals surface area contributed by atoms with Crippen molar-refractivity contribution in [2.45, 2.75) is 24.9 Å². The number of aromatic nitrogens is 2. The lowest BCUT2D eigenvalue weighted by Gasteiger charge is -2.32. The van der Waals surface area contributed by atoms with Gasteiger partial charge in [-0.05, 0) is 25.0 Å². The van der Waals surface area contributed by atoms with Gasteiger partial charge in [-0.3, -0.25) is 9.78 Å². The van der Waals surface area contributed by atoms with Crippen molar-refractivity contribution >= 4 is 17.2 Å². The SMILES string of the molecule is NC1CC(NC(=O)c2csc(-c3cccnc3)n2)C1. The molecule has 3 rings (SSSR count). The average Bonchev–Trinajstić information content (AvgIpc) is 2.87. The molecule has 1 fully saturated rings. The zero-order valence-corrected chi connectivity index (χ0v) is 11.1. The van der Waals surface area contributed by atoms with Crippen LogP contribution in [-0.4, -0.2) is 28.0 Å². The van der Waals surface area contributed by atoms with Gasteiger partial charge in [-0.25, -0.2) is 4.98 Å². The molecular weight excluding hydrogens is 260 g/mol. The molecule has 1 saturated carbocycles. The summed E-state index contributed by atoms with van der Waals surface area (Å²) < 4.78 is 0. The molecule has 19 heavy (non-hydrogen) atoms. The quantitative estimate of drug-likeness (QED) is 0.887. The Hall–Kier alpha value is -1.79. The average molecular weight is 274 g/mol. The molecule has 0 saturated heterocycles. The van der Waals surface area contributed by atoms with E-state index in [9.17, 15) is 4.79 Å². The molecule has 1 aliphatic rings. The van der Waals surface area contributed by atoms with Crippen molar-refractivity contribution < 1.29 is 4.79 Å². The molecule has 0 unspecified atom stereocenters. The van der Waals surface area contributed by atoms with Gasteiger partial charge in [0, 0.05) is 35.4 Å². The molecule has 0 aliphatic heterocycles. The fourth-order valence-corrected chi connectivity index (χ4v) is 2.83. The van der Waals surface area contributed by atoms with Crippen LogP contribution in [0, 0.1) is 0 Å². The summed E-state index contributed by atoms with van der Waals surface area (Å²) in [5.74, 6) is -0.122. The van der Waals surface area contributed by atoms with Crippen LogP contribution < -0.4 is 11.1 Å². The predicted molar refractivity (Wildman–Crippen MR) is 73.8 cm³/mol. The van der Waals surface area contributed by atoms with Crippen LogP contribution in [0.15, 0.2) is 29.9 Å². The Morgan fingerprint density at radius 2 is 2.32 bits per heavy atom.